The third-order valence-electron chi connectivity index (χ3n) is 3.30. The van der Waals surface area contributed by atoms with Crippen molar-refractivity contribution in [2.75, 3.05) is 19.7 Å². The summed E-state index contributed by atoms with van der Waals surface area (Å²) >= 11 is 0. The third kappa shape index (κ3) is 3.47. The Kier molecular flexibility index (Phi) is 5.05. The second kappa shape index (κ2) is 6.08. The molecule has 4 nitrogen and oxygen atoms in total. The van der Waals surface area contributed by atoms with Crippen molar-refractivity contribution in [3.8, 4) is 0 Å². The molecule has 0 aromatic carbocycles. The molecule has 15 heavy (non-hydrogen) atoms. The minimum Gasteiger partial charge on any atom is -0.396 e. The van der Waals surface area contributed by atoms with Crippen LogP contribution in [0.3, 0.4) is 0 Å². The Balaban J connectivity index is 0.00000225. The lowest BCUT2D eigenvalue weighted by atomic mass is 10.0. The van der Waals surface area contributed by atoms with E-state index >= 15 is 0 Å². The predicted molar refractivity (Wildman–Crippen MR) is 61.4 cm³/mol. The van der Waals surface area contributed by atoms with Gasteiger partial charge in [0.25, 0.3) is 0 Å². The lowest BCUT2D eigenvalue weighted by molar-refractivity contribution is -0.122. The van der Waals surface area contributed by atoms with Crippen molar-refractivity contribution in [3.05, 3.63) is 0 Å². The molecule has 1 aliphatic rings. The number of hydrogen-bond acceptors (Lipinski definition) is 3. The van der Waals surface area contributed by atoms with Crippen LogP contribution in [0.15, 0.2) is 0 Å². The highest BCUT2D eigenvalue weighted by atomic mass is 16.3. The fourth-order valence-electron chi connectivity index (χ4n) is 2.31. The zero-order valence-electron chi connectivity index (χ0n) is 9.48. The standard InChI is InChI=1S/C11H22N2O2.H2/c1-2-9(5-7-14)8-13-6-3-4-10(13)11(12)15;/h9-10,14H,2-8H2,1H3,(H2,12,15);1H/t9?,10-;/m0./s1. The fraction of sp³-hybridized carbons (Fsp3) is 0.909. The number of carbonyl (C=O) groups is 1. The summed E-state index contributed by atoms with van der Waals surface area (Å²) < 4.78 is 0. The lowest BCUT2D eigenvalue weighted by Gasteiger charge is -2.26. The summed E-state index contributed by atoms with van der Waals surface area (Å²) in [6, 6.07) is -0.0715. The predicted octanol–water partition coefficient (Wildman–Crippen LogP) is 0.591. The molecule has 1 rings (SSSR count). The van der Waals surface area contributed by atoms with Crippen LogP contribution in [0.1, 0.15) is 34.0 Å². The third-order valence-corrected chi connectivity index (χ3v) is 3.30. The van der Waals surface area contributed by atoms with Crippen molar-refractivity contribution in [3.63, 3.8) is 0 Å². The van der Waals surface area contributed by atoms with Gasteiger partial charge in [-0.1, -0.05) is 13.3 Å². The molecule has 0 aromatic heterocycles. The van der Waals surface area contributed by atoms with E-state index < -0.39 is 0 Å². The molecule has 1 fully saturated rings. The molecule has 2 atom stereocenters. The zero-order chi connectivity index (χ0) is 11.3. The van der Waals surface area contributed by atoms with Crippen LogP contribution in [-0.4, -0.2) is 41.7 Å². The highest BCUT2D eigenvalue weighted by Gasteiger charge is 2.29. The first-order valence-electron chi connectivity index (χ1n) is 5.83. The topological polar surface area (TPSA) is 66.6 Å². The number of amides is 1. The molecule has 0 saturated carbocycles. The smallest absolute Gasteiger partial charge is 0.234 e. The molecule has 4 heteroatoms. The normalized spacial score (nSPS) is 24.3. The maximum atomic E-state index is 11.2. The largest absolute Gasteiger partial charge is 0.396 e. The Hall–Kier alpha value is -0.610. The van der Waals surface area contributed by atoms with Crippen LogP contribution in [0.25, 0.3) is 0 Å². The van der Waals surface area contributed by atoms with Crippen LogP contribution in [0.5, 0.6) is 0 Å². The van der Waals surface area contributed by atoms with E-state index in [9.17, 15) is 4.79 Å². The van der Waals surface area contributed by atoms with E-state index in [0.717, 1.165) is 38.8 Å². The SMILES string of the molecule is CCC(CCO)CN1CCC[C@H]1C(N)=O.[HH]. The molecule has 1 heterocycles. The van der Waals surface area contributed by atoms with E-state index in [0.29, 0.717) is 5.92 Å². The van der Waals surface area contributed by atoms with Gasteiger partial charge in [0.15, 0.2) is 0 Å². The Bertz CT molecular complexity index is 214. The van der Waals surface area contributed by atoms with Gasteiger partial charge in [0.1, 0.15) is 0 Å². The molecule has 1 unspecified atom stereocenters. The Morgan fingerprint density at radius 1 is 1.73 bits per heavy atom. The van der Waals surface area contributed by atoms with Gasteiger partial charge in [-0.15, -0.1) is 0 Å². The molecule has 0 spiro atoms. The van der Waals surface area contributed by atoms with Gasteiger partial charge in [-0.05, 0) is 31.7 Å². The van der Waals surface area contributed by atoms with Crippen LogP contribution in [0.2, 0.25) is 0 Å². The summed E-state index contributed by atoms with van der Waals surface area (Å²) in [7, 11) is 0. The summed E-state index contributed by atoms with van der Waals surface area (Å²) in [4.78, 5) is 13.3. The molecule has 1 aliphatic heterocycles. The minimum atomic E-state index is -0.202. The van der Waals surface area contributed by atoms with Crippen LogP contribution >= 0.6 is 0 Å². The number of rotatable bonds is 6. The Morgan fingerprint density at radius 3 is 3.00 bits per heavy atom. The van der Waals surface area contributed by atoms with Crippen LogP contribution < -0.4 is 5.73 Å². The highest BCUT2D eigenvalue weighted by Crippen LogP contribution is 2.20. The Morgan fingerprint density at radius 2 is 2.47 bits per heavy atom. The molecule has 0 radical (unpaired) electrons. The monoisotopic (exact) mass is 216 g/mol. The average molecular weight is 216 g/mol. The zero-order valence-corrected chi connectivity index (χ0v) is 9.48. The number of likely N-dealkylation sites (tertiary alicyclic amines) is 1. The summed E-state index contributed by atoms with van der Waals surface area (Å²) in [5.41, 5.74) is 5.35. The van der Waals surface area contributed by atoms with Crippen molar-refractivity contribution < 1.29 is 11.3 Å². The quantitative estimate of drug-likeness (QED) is 0.683. The number of nitrogens with zero attached hydrogens (tertiary/aromatic N) is 1. The number of aliphatic hydroxyl groups excluding tert-OH is 1. The molecular formula is C11H24N2O2. The molecule has 3 N–H and O–H groups in total. The molecule has 1 saturated heterocycles. The summed E-state index contributed by atoms with van der Waals surface area (Å²) in [5, 5.41) is 8.91. The first-order chi connectivity index (χ1) is 7.19. The van der Waals surface area contributed by atoms with Crippen molar-refractivity contribution >= 4 is 5.91 Å². The van der Waals surface area contributed by atoms with Crippen LogP contribution in [0.4, 0.5) is 0 Å². The van der Waals surface area contributed by atoms with Crippen molar-refractivity contribution in [1.82, 2.24) is 4.90 Å². The summed E-state index contributed by atoms with van der Waals surface area (Å²) in [6.07, 6.45) is 3.81. The first kappa shape index (κ1) is 12.5. The lowest BCUT2D eigenvalue weighted by Crippen LogP contribution is -2.42. The van der Waals surface area contributed by atoms with E-state index in [1.807, 2.05) is 0 Å². The molecule has 0 bridgehead atoms. The van der Waals surface area contributed by atoms with Gasteiger partial charge in [-0.25, -0.2) is 0 Å². The van der Waals surface area contributed by atoms with Gasteiger partial charge in [-0.2, -0.15) is 0 Å². The first-order valence-corrected chi connectivity index (χ1v) is 5.83. The maximum Gasteiger partial charge on any atom is 0.234 e. The van der Waals surface area contributed by atoms with Gasteiger partial charge in [0, 0.05) is 14.6 Å². The van der Waals surface area contributed by atoms with E-state index in [2.05, 4.69) is 11.8 Å². The molecule has 1 amide bonds. The van der Waals surface area contributed by atoms with Gasteiger partial charge in [0.05, 0.1) is 6.04 Å². The van der Waals surface area contributed by atoms with Gasteiger partial charge >= 0.3 is 0 Å². The second-order valence-corrected chi connectivity index (χ2v) is 4.34. The van der Waals surface area contributed by atoms with Gasteiger partial charge < -0.3 is 10.8 Å². The highest BCUT2D eigenvalue weighted by molar-refractivity contribution is 5.80. The van der Waals surface area contributed by atoms with Crippen molar-refractivity contribution in [2.45, 2.75) is 38.6 Å². The van der Waals surface area contributed by atoms with Crippen molar-refractivity contribution in [2.24, 2.45) is 11.7 Å². The fourth-order valence-corrected chi connectivity index (χ4v) is 2.31. The van der Waals surface area contributed by atoms with Gasteiger partial charge in [-0.3, -0.25) is 9.69 Å². The summed E-state index contributed by atoms with van der Waals surface area (Å²) in [6.45, 7) is 4.21. The second-order valence-electron chi connectivity index (χ2n) is 4.34. The van der Waals surface area contributed by atoms with E-state index in [-0.39, 0.29) is 20.0 Å². The molecule has 90 valence electrons. The van der Waals surface area contributed by atoms with E-state index in [1.54, 1.807) is 0 Å². The number of aliphatic hydroxyl groups is 1. The number of hydrogen-bond donors (Lipinski definition) is 2. The van der Waals surface area contributed by atoms with Crippen LogP contribution in [-0.2, 0) is 4.79 Å². The number of primary amides is 1. The van der Waals surface area contributed by atoms with E-state index in [1.165, 1.54) is 0 Å². The molecular weight excluding hydrogens is 192 g/mol. The minimum absolute atomic E-state index is 0. The number of nitrogens with two attached hydrogens (primary N) is 1. The maximum absolute atomic E-state index is 11.2. The average Bonchev–Trinajstić information content (AvgIpc) is 2.65. The molecule has 0 aromatic rings. The van der Waals surface area contributed by atoms with Crippen molar-refractivity contribution in [1.29, 1.82) is 0 Å². The number of carbonyl (C=O) groups excluding carboxylic acids is 1. The van der Waals surface area contributed by atoms with Crippen LogP contribution in [0, 0.1) is 5.92 Å². The molecule has 0 aliphatic carbocycles. The Labute approximate surface area is 92.9 Å². The summed E-state index contributed by atoms with van der Waals surface area (Å²) in [5.74, 6) is 0.279. The van der Waals surface area contributed by atoms with Gasteiger partial charge in [0.2, 0.25) is 5.91 Å². The van der Waals surface area contributed by atoms with E-state index in [4.69, 9.17) is 10.8 Å².